The second kappa shape index (κ2) is 7.21. The zero-order chi connectivity index (χ0) is 16.4. The number of thioether (sulfide) groups is 1. The average molecular weight is 356 g/mol. The number of nitrogens with one attached hydrogen (secondary N) is 1. The van der Waals surface area contributed by atoms with Crippen molar-refractivity contribution in [3.63, 3.8) is 0 Å². The Morgan fingerprint density at radius 1 is 1.25 bits per heavy atom. The van der Waals surface area contributed by atoms with Crippen LogP contribution in [0.1, 0.15) is 29.9 Å². The Balaban J connectivity index is 1.53. The number of aromatic nitrogens is 2. The number of nitrogens with zero attached hydrogens (tertiary/aromatic N) is 2. The van der Waals surface area contributed by atoms with E-state index < -0.39 is 0 Å². The monoisotopic (exact) mass is 355 g/mol. The molecule has 1 aliphatic rings. The molecule has 5 heteroatoms. The number of fused-ring (bicyclic) bond motifs is 1. The van der Waals surface area contributed by atoms with Crippen molar-refractivity contribution in [3.05, 3.63) is 47.8 Å². The summed E-state index contributed by atoms with van der Waals surface area (Å²) >= 11 is 3.70. The van der Waals surface area contributed by atoms with Crippen LogP contribution in [-0.4, -0.2) is 28.5 Å². The Morgan fingerprint density at radius 2 is 2.17 bits per heavy atom. The summed E-state index contributed by atoms with van der Waals surface area (Å²) in [4.78, 5) is 10.4. The third-order valence-corrected chi connectivity index (χ3v) is 6.16. The van der Waals surface area contributed by atoms with Crippen LogP contribution in [0, 0.1) is 0 Å². The first-order valence-corrected chi connectivity index (χ1v) is 10.6. The highest BCUT2D eigenvalue weighted by atomic mass is 32.2. The van der Waals surface area contributed by atoms with Gasteiger partial charge in [0.1, 0.15) is 0 Å². The predicted octanol–water partition coefficient (Wildman–Crippen LogP) is 4.69. The molecule has 3 aromatic heterocycles. The highest BCUT2D eigenvalue weighted by Crippen LogP contribution is 2.45. The minimum Gasteiger partial charge on any atom is -0.312 e. The number of hydrogen-bond donors (Lipinski definition) is 1. The molecule has 0 aliphatic heterocycles. The Bertz CT molecular complexity index is 822. The van der Waals surface area contributed by atoms with Crippen molar-refractivity contribution in [2.75, 3.05) is 18.6 Å². The van der Waals surface area contributed by atoms with Crippen molar-refractivity contribution < 1.29 is 0 Å². The van der Waals surface area contributed by atoms with Crippen molar-refractivity contribution in [2.24, 2.45) is 0 Å². The molecule has 0 radical (unpaired) electrons. The van der Waals surface area contributed by atoms with Crippen LogP contribution in [0.4, 0.5) is 0 Å². The van der Waals surface area contributed by atoms with Crippen molar-refractivity contribution in [2.45, 2.75) is 25.3 Å². The SMILES string of the molecule is CSCCNCc1ccc(-c2cc3nccc(C4CC4)c3s2)nc1. The molecule has 124 valence electrons. The molecule has 0 unspecified atom stereocenters. The second-order valence-electron chi connectivity index (χ2n) is 6.22. The van der Waals surface area contributed by atoms with Gasteiger partial charge in [-0.25, -0.2) is 0 Å². The summed E-state index contributed by atoms with van der Waals surface area (Å²) in [5.74, 6) is 1.90. The molecule has 0 bridgehead atoms. The smallest absolute Gasteiger partial charge is 0.0819 e. The normalized spacial score (nSPS) is 14.4. The maximum absolute atomic E-state index is 4.67. The third-order valence-electron chi connectivity index (χ3n) is 4.35. The van der Waals surface area contributed by atoms with Crippen LogP contribution in [-0.2, 0) is 6.54 Å². The molecule has 3 nitrogen and oxygen atoms in total. The summed E-state index contributed by atoms with van der Waals surface area (Å²) in [6, 6.07) is 8.68. The highest BCUT2D eigenvalue weighted by Gasteiger charge is 2.26. The fourth-order valence-corrected chi connectivity index (χ4v) is 4.41. The van der Waals surface area contributed by atoms with Crippen LogP contribution in [0.3, 0.4) is 0 Å². The average Bonchev–Trinajstić information content (AvgIpc) is 3.37. The molecule has 1 N–H and O–H groups in total. The van der Waals surface area contributed by atoms with Gasteiger partial charge in [-0.1, -0.05) is 6.07 Å². The molecule has 3 heterocycles. The maximum atomic E-state index is 4.67. The summed E-state index contributed by atoms with van der Waals surface area (Å²) in [6.07, 6.45) is 8.71. The van der Waals surface area contributed by atoms with E-state index in [1.54, 1.807) is 0 Å². The van der Waals surface area contributed by atoms with Crippen LogP contribution in [0.25, 0.3) is 20.8 Å². The van der Waals surface area contributed by atoms with E-state index in [-0.39, 0.29) is 0 Å². The first-order valence-electron chi connectivity index (χ1n) is 8.38. The van der Waals surface area contributed by atoms with Gasteiger partial charge in [0, 0.05) is 31.2 Å². The first-order chi connectivity index (χ1) is 11.8. The maximum Gasteiger partial charge on any atom is 0.0819 e. The molecule has 1 aliphatic carbocycles. The van der Waals surface area contributed by atoms with Gasteiger partial charge in [-0.2, -0.15) is 11.8 Å². The Kier molecular flexibility index (Phi) is 4.83. The molecule has 0 spiro atoms. The zero-order valence-corrected chi connectivity index (χ0v) is 15.4. The van der Waals surface area contributed by atoms with Crippen LogP contribution in [0.2, 0.25) is 0 Å². The lowest BCUT2D eigenvalue weighted by Gasteiger charge is -2.04. The van der Waals surface area contributed by atoms with E-state index in [0.29, 0.717) is 0 Å². The summed E-state index contributed by atoms with van der Waals surface area (Å²) in [5.41, 5.74) is 4.88. The van der Waals surface area contributed by atoms with Crippen LogP contribution in [0.15, 0.2) is 36.7 Å². The quantitative estimate of drug-likeness (QED) is 0.624. The van der Waals surface area contributed by atoms with E-state index in [1.807, 2.05) is 35.5 Å². The summed E-state index contributed by atoms with van der Waals surface area (Å²) < 4.78 is 1.35. The molecule has 0 saturated heterocycles. The molecule has 0 aromatic carbocycles. The largest absolute Gasteiger partial charge is 0.312 e. The number of thiophene rings is 1. The van der Waals surface area contributed by atoms with Crippen LogP contribution < -0.4 is 5.32 Å². The number of hydrogen-bond acceptors (Lipinski definition) is 5. The molecule has 3 aromatic rings. The molecule has 0 amide bonds. The third kappa shape index (κ3) is 3.48. The lowest BCUT2D eigenvalue weighted by atomic mass is 10.1. The Hall–Kier alpha value is -1.43. The van der Waals surface area contributed by atoms with Gasteiger partial charge >= 0.3 is 0 Å². The van der Waals surface area contributed by atoms with Crippen molar-refractivity contribution in [1.82, 2.24) is 15.3 Å². The van der Waals surface area contributed by atoms with Gasteiger partial charge in [-0.3, -0.25) is 9.97 Å². The molecule has 1 fully saturated rings. The Morgan fingerprint density at radius 3 is 2.92 bits per heavy atom. The number of pyridine rings is 2. The lowest BCUT2D eigenvalue weighted by molar-refractivity contribution is 0.730. The Labute approximate surface area is 150 Å². The zero-order valence-electron chi connectivity index (χ0n) is 13.8. The fraction of sp³-hybridized carbons (Fsp3) is 0.368. The predicted molar refractivity (Wildman–Crippen MR) is 105 cm³/mol. The van der Waals surface area contributed by atoms with Gasteiger partial charge in [0.2, 0.25) is 0 Å². The van der Waals surface area contributed by atoms with Gasteiger partial charge in [-0.05, 0) is 54.3 Å². The first kappa shape index (κ1) is 16.1. The van der Waals surface area contributed by atoms with Gasteiger partial charge in [0.05, 0.1) is 20.8 Å². The van der Waals surface area contributed by atoms with E-state index >= 15 is 0 Å². The summed E-state index contributed by atoms with van der Waals surface area (Å²) in [7, 11) is 0. The highest BCUT2D eigenvalue weighted by molar-refractivity contribution is 7.98. The molecular formula is C19H21N3S2. The summed E-state index contributed by atoms with van der Waals surface area (Å²) in [6.45, 7) is 1.92. The molecule has 1 saturated carbocycles. The summed E-state index contributed by atoms with van der Waals surface area (Å²) in [5, 5.41) is 3.44. The van der Waals surface area contributed by atoms with E-state index in [2.05, 4.69) is 45.8 Å². The van der Waals surface area contributed by atoms with E-state index in [4.69, 9.17) is 0 Å². The topological polar surface area (TPSA) is 37.8 Å². The lowest BCUT2D eigenvalue weighted by Crippen LogP contribution is -2.16. The van der Waals surface area contributed by atoms with Gasteiger partial charge in [-0.15, -0.1) is 11.3 Å². The molecular weight excluding hydrogens is 334 g/mol. The van der Waals surface area contributed by atoms with Crippen LogP contribution in [0.5, 0.6) is 0 Å². The van der Waals surface area contributed by atoms with Crippen molar-refractivity contribution >= 4 is 33.3 Å². The molecule has 0 atom stereocenters. The van der Waals surface area contributed by atoms with Crippen molar-refractivity contribution in [3.8, 4) is 10.6 Å². The van der Waals surface area contributed by atoms with Gasteiger partial charge < -0.3 is 5.32 Å². The van der Waals surface area contributed by atoms with E-state index in [0.717, 1.165) is 36.0 Å². The number of rotatable bonds is 7. The van der Waals surface area contributed by atoms with E-state index in [9.17, 15) is 0 Å². The van der Waals surface area contributed by atoms with Gasteiger partial charge in [0.25, 0.3) is 0 Å². The second-order valence-corrected chi connectivity index (χ2v) is 8.26. The van der Waals surface area contributed by atoms with Crippen LogP contribution >= 0.6 is 23.1 Å². The standard InChI is InChI=1S/C19H21N3S2/c1-23-9-8-20-11-13-2-5-16(22-12-13)18-10-17-19(24-18)15(6-7-21-17)14-3-4-14/h2,5-7,10,12,14,20H,3-4,8-9,11H2,1H3. The van der Waals surface area contributed by atoms with Crippen molar-refractivity contribution in [1.29, 1.82) is 0 Å². The molecule has 4 rings (SSSR count). The fourth-order valence-electron chi connectivity index (χ4n) is 2.88. The van der Waals surface area contributed by atoms with E-state index in [1.165, 1.54) is 33.5 Å². The molecule has 24 heavy (non-hydrogen) atoms. The minimum absolute atomic E-state index is 0.754. The van der Waals surface area contributed by atoms with Gasteiger partial charge in [0.15, 0.2) is 0 Å². The minimum atomic E-state index is 0.754.